The Balaban J connectivity index is 2.61. The number of benzene rings is 1. The number of hydrogen-bond donors (Lipinski definition) is 1. The van der Waals surface area contributed by atoms with Gasteiger partial charge in [-0.25, -0.2) is 4.79 Å². The molecule has 0 saturated heterocycles. The fourth-order valence-corrected chi connectivity index (χ4v) is 2.10. The number of nitrogens with zero attached hydrogens (tertiary/aromatic N) is 1. The minimum Gasteiger partial charge on any atom is -0.466 e. The molecule has 0 aromatic heterocycles. The fourth-order valence-electron chi connectivity index (χ4n) is 2.10. The highest BCUT2D eigenvalue weighted by Crippen LogP contribution is 2.43. The molecule has 94 valence electrons. The van der Waals surface area contributed by atoms with E-state index in [1.807, 2.05) is 0 Å². The van der Waals surface area contributed by atoms with Gasteiger partial charge in [0.25, 0.3) is 5.91 Å². The molecular formula is C13H13NO4. The third-order valence-electron chi connectivity index (χ3n) is 3.14. The van der Waals surface area contributed by atoms with Crippen LogP contribution in [-0.4, -0.2) is 31.1 Å². The van der Waals surface area contributed by atoms with Crippen molar-refractivity contribution in [1.82, 2.24) is 0 Å². The lowest BCUT2D eigenvalue weighted by Gasteiger charge is -2.22. The zero-order chi connectivity index (χ0) is 13.5. The average Bonchev–Trinajstić information content (AvgIpc) is 2.61. The van der Waals surface area contributed by atoms with Crippen LogP contribution in [0.2, 0.25) is 0 Å². The van der Waals surface area contributed by atoms with Gasteiger partial charge in [-0.2, -0.15) is 0 Å². The summed E-state index contributed by atoms with van der Waals surface area (Å²) in [6.07, 6.45) is 0. The second kappa shape index (κ2) is 3.96. The smallest absolute Gasteiger partial charge is 0.336 e. The maximum Gasteiger partial charge on any atom is 0.336 e. The summed E-state index contributed by atoms with van der Waals surface area (Å²) in [6, 6.07) is 6.71. The van der Waals surface area contributed by atoms with Crippen molar-refractivity contribution in [1.29, 1.82) is 0 Å². The maximum atomic E-state index is 12.2. The first-order valence-electron chi connectivity index (χ1n) is 5.32. The molecule has 1 aliphatic heterocycles. The van der Waals surface area contributed by atoms with E-state index in [1.54, 1.807) is 24.3 Å². The molecule has 0 fully saturated rings. The first kappa shape index (κ1) is 12.3. The molecule has 0 spiro atoms. The summed E-state index contributed by atoms with van der Waals surface area (Å²) in [5.41, 5.74) is -1.44. The molecule has 1 aliphatic rings. The molecule has 18 heavy (non-hydrogen) atoms. The summed E-state index contributed by atoms with van der Waals surface area (Å²) in [5.74, 6) is -1.42. The van der Waals surface area contributed by atoms with E-state index in [0.717, 1.165) is 0 Å². The Kier molecular flexibility index (Phi) is 2.71. The summed E-state index contributed by atoms with van der Waals surface area (Å²) in [6.45, 7) is 3.49. The van der Waals surface area contributed by atoms with E-state index in [1.165, 1.54) is 19.1 Å². The minimum atomic E-state index is -2.04. The van der Waals surface area contributed by atoms with Gasteiger partial charge >= 0.3 is 5.97 Å². The van der Waals surface area contributed by atoms with E-state index in [0.29, 0.717) is 11.3 Å². The molecule has 1 amide bonds. The van der Waals surface area contributed by atoms with Crippen LogP contribution in [0.3, 0.4) is 0 Å². The number of carbonyl (C=O) groups is 2. The number of ether oxygens (including phenoxy) is 1. The number of rotatable bonds is 2. The fraction of sp³-hybridized carbons (Fsp3) is 0.231. The lowest BCUT2D eigenvalue weighted by Crippen LogP contribution is -2.42. The molecule has 1 atom stereocenters. The van der Waals surface area contributed by atoms with E-state index in [2.05, 4.69) is 11.3 Å². The van der Waals surface area contributed by atoms with Gasteiger partial charge < -0.3 is 14.7 Å². The first-order chi connectivity index (χ1) is 8.44. The number of methoxy groups -OCH3 is 1. The Morgan fingerprint density at radius 3 is 2.67 bits per heavy atom. The highest BCUT2D eigenvalue weighted by atomic mass is 16.5. The molecule has 2 rings (SSSR count). The van der Waals surface area contributed by atoms with E-state index >= 15 is 0 Å². The monoisotopic (exact) mass is 247 g/mol. The zero-order valence-corrected chi connectivity index (χ0v) is 10.1. The predicted octanol–water partition coefficient (Wildman–Crippen LogP) is 0.580. The number of hydrogen-bond acceptors (Lipinski definition) is 4. The second-order valence-corrected chi connectivity index (χ2v) is 4.06. The molecule has 0 bridgehead atoms. The standard InChI is InChI=1S/C13H13NO4/c1-8(11(15)18-3)13(17)9-6-4-5-7-10(9)14(2)12(13)16/h4-7,17H,1H2,2-3H3. The molecule has 1 N–H and O–H groups in total. The van der Waals surface area contributed by atoms with Crippen LogP contribution in [0.1, 0.15) is 5.56 Å². The van der Waals surface area contributed by atoms with Gasteiger partial charge in [0, 0.05) is 12.6 Å². The van der Waals surface area contributed by atoms with Crippen molar-refractivity contribution in [2.24, 2.45) is 0 Å². The lowest BCUT2D eigenvalue weighted by atomic mass is 9.88. The van der Waals surface area contributed by atoms with Crippen molar-refractivity contribution in [2.75, 3.05) is 19.1 Å². The Labute approximate surface area is 104 Å². The van der Waals surface area contributed by atoms with Gasteiger partial charge in [0.05, 0.1) is 18.4 Å². The molecule has 0 radical (unpaired) electrons. The SMILES string of the molecule is C=C(C(=O)OC)C1(O)C(=O)N(C)c2ccccc21. The van der Waals surface area contributed by atoms with Crippen molar-refractivity contribution in [3.8, 4) is 0 Å². The maximum absolute atomic E-state index is 12.2. The van der Waals surface area contributed by atoms with Crippen molar-refractivity contribution in [2.45, 2.75) is 5.60 Å². The molecule has 0 aliphatic carbocycles. The van der Waals surface area contributed by atoms with Crippen LogP contribution in [-0.2, 0) is 19.9 Å². The predicted molar refractivity (Wildman–Crippen MR) is 64.9 cm³/mol. The molecule has 1 unspecified atom stereocenters. The molecule has 1 heterocycles. The average molecular weight is 247 g/mol. The summed E-state index contributed by atoms with van der Waals surface area (Å²) in [7, 11) is 2.70. The first-order valence-corrected chi connectivity index (χ1v) is 5.32. The third-order valence-corrected chi connectivity index (χ3v) is 3.14. The van der Waals surface area contributed by atoms with Gasteiger partial charge in [0.2, 0.25) is 5.60 Å². The molecule has 5 heteroatoms. The third kappa shape index (κ3) is 1.37. The van der Waals surface area contributed by atoms with Crippen molar-refractivity contribution >= 4 is 17.6 Å². The molecule has 1 aromatic rings. The number of amides is 1. The van der Waals surface area contributed by atoms with Crippen LogP contribution in [0.5, 0.6) is 0 Å². The number of esters is 1. The van der Waals surface area contributed by atoms with E-state index in [4.69, 9.17) is 0 Å². The Morgan fingerprint density at radius 1 is 1.44 bits per heavy atom. The zero-order valence-electron chi connectivity index (χ0n) is 10.1. The molecule has 5 nitrogen and oxygen atoms in total. The Morgan fingerprint density at radius 2 is 2.06 bits per heavy atom. The Hall–Kier alpha value is -2.14. The van der Waals surface area contributed by atoms with Gasteiger partial charge in [-0.15, -0.1) is 0 Å². The van der Waals surface area contributed by atoms with Crippen molar-refractivity contribution in [3.63, 3.8) is 0 Å². The van der Waals surface area contributed by atoms with Crippen molar-refractivity contribution < 1.29 is 19.4 Å². The van der Waals surface area contributed by atoms with Gasteiger partial charge in [-0.1, -0.05) is 24.8 Å². The summed E-state index contributed by atoms with van der Waals surface area (Å²) < 4.78 is 4.52. The number of anilines is 1. The van der Waals surface area contributed by atoms with Gasteiger partial charge in [0.1, 0.15) is 0 Å². The van der Waals surface area contributed by atoms with Crippen LogP contribution in [0.15, 0.2) is 36.4 Å². The van der Waals surface area contributed by atoms with Crippen molar-refractivity contribution in [3.05, 3.63) is 42.0 Å². The molecular weight excluding hydrogens is 234 g/mol. The van der Waals surface area contributed by atoms with Gasteiger partial charge in [0.15, 0.2) is 0 Å². The topological polar surface area (TPSA) is 66.8 Å². The summed E-state index contributed by atoms with van der Waals surface area (Å²) in [4.78, 5) is 25.0. The number of fused-ring (bicyclic) bond motifs is 1. The number of aliphatic hydroxyl groups is 1. The highest BCUT2D eigenvalue weighted by molar-refractivity contribution is 6.13. The van der Waals surface area contributed by atoms with Crippen LogP contribution in [0.4, 0.5) is 5.69 Å². The summed E-state index contributed by atoms with van der Waals surface area (Å²) in [5, 5.41) is 10.6. The second-order valence-electron chi connectivity index (χ2n) is 4.06. The van der Waals surface area contributed by atoms with Gasteiger partial charge in [-0.3, -0.25) is 4.79 Å². The molecule has 1 aromatic carbocycles. The van der Waals surface area contributed by atoms with Crippen LogP contribution < -0.4 is 4.90 Å². The van der Waals surface area contributed by atoms with Gasteiger partial charge in [-0.05, 0) is 6.07 Å². The summed E-state index contributed by atoms with van der Waals surface area (Å²) >= 11 is 0. The number of carbonyl (C=O) groups excluding carboxylic acids is 2. The number of para-hydroxylation sites is 1. The minimum absolute atomic E-state index is 0.285. The van der Waals surface area contributed by atoms with E-state index < -0.39 is 17.5 Å². The normalized spacial score (nSPS) is 21.7. The number of likely N-dealkylation sites (N-methyl/N-ethyl adjacent to an activating group) is 1. The highest BCUT2D eigenvalue weighted by Gasteiger charge is 2.52. The largest absolute Gasteiger partial charge is 0.466 e. The lowest BCUT2D eigenvalue weighted by molar-refractivity contribution is -0.144. The van der Waals surface area contributed by atoms with Crippen LogP contribution >= 0.6 is 0 Å². The quantitative estimate of drug-likeness (QED) is 0.613. The van der Waals surface area contributed by atoms with Crippen LogP contribution in [0, 0.1) is 0 Å². The molecule has 0 saturated carbocycles. The van der Waals surface area contributed by atoms with E-state index in [9.17, 15) is 14.7 Å². The Bertz CT molecular complexity index is 552. The van der Waals surface area contributed by atoms with E-state index in [-0.39, 0.29) is 5.57 Å². The van der Waals surface area contributed by atoms with Crippen LogP contribution in [0.25, 0.3) is 0 Å².